The van der Waals surface area contributed by atoms with Crippen molar-refractivity contribution in [1.29, 1.82) is 0 Å². The lowest BCUT2D eigenvalue weighted by molar-refractivity contribution is -0.131. The first-order valence-corrected chi connectivity index (χ1v) is 6.43. The van der Waals surface area contributed by atoms with Gasteiger partial charge >= 0.3 is 0 Å². The second-order valence-corrected chi connectivity index (χ2v) is 4.62. The number of nitrogen functional groups attached to an aromatic ring is 1. The largest absolute Gasteiger partial charge is 0.399 e. The van der Waals surface area contributed by atoms with Crippen LogP contribution in [0.1, 0.15) is 24.8 Å². The van der Waals surface area contributed by atoms with Gasteiger partial charge in [0.1, 0.15) is 0 Å². The predicted octanol–water partition coefficient (Wildman–Crippen LogP) is 1.77. The number of hydrogen-bond acceptors (Lipinski definition) is 3. The van der Waals surface area contributed by atoms with Crippen molar-refractivity contribution < 1.29 is 9.90 Å². The van der Waals surface area contributed by atoms with Crippen LogP contribution < -0.4 is 5.73 Å². The highest BCUT2D eigenvalue weighted by Crippen LogP contribution is 2.21. The molecular formula is C15H22N2O2. The van der Waals surface area contributed by atoms with Crippen molar-refractivity contribution in [3.8, 4) is 0 Å². The van der Waals surface area contributed by atoms with Gasteiger partial charge < -0.3 is 15.7 Å². The van der Waals surface area contributed by atoms with E-state index in [2.05, 4.69) is 6.58 Å². The number of anilines is 1. The quantitative estimate of drug-likeness (QED) is 0.581. The van der Waals surface area contributed by atoms with E-state index in [9.17, 15) is 4.79 Å². The Morgan fingerprint density at radius 1 is 1.47 bits per heavy atom. The summed E-state index contributed by atoms with van der Waals surface area (Å²) in [6, 6.07) is 7.56. The van der Waals surface area contributed by atoms with Gasteiger partial charge in [-0.1, -0.05) is 25.1 Å². The smallest absolute Gasteiger partial charge is 0.223 e. The van der Waals surface area contributed by atoms with Gasteiger partial charge in [-0.3, -0.25) is 4.79 Å². The monoisotopic (exact) mass is 262 g/mol. The molecule has 1 amide bonds. The summed E-state index contributed by atoms with van der Waals surface area (Å²) in [6.45, 7) is 6.41. The van der Waals surface area contributed by atoms with E-state index < -0.39 is 0 Å². The normalized spacial score (nSPS) is 11.9. The van der Waals surface area contributed by atoms with E-state index in [1.807, 2.05) is 31.2 Å². The van der Waals surface area contributed by atoms with Crippen LogP contribution in [0.2, 0.25) is 0 Å². The van der Waals surface area contributed by atoms with E-state index in [1.165, 1.54) is 0 Å². The van der Waals surface area contributed by atoms with Gasteiger partial charge in [0.15, 0.2) is 0 Å². The Morgan fingerprint density at radius 2 is 2.11 bits per heavy atom. The van der Waals surface area contributed by atoms with Gasteiger partial charge in [0.25, 0.3) is 0 Å². The highest BCUT2D eigenvalue weighted by molar-refractivity contribution is 5.77. The fourth-order valence-corrected chi connectivity index (χ4v) is 1.93. The minimum atomic E-state index is -0.0319. The molecule has 0 aliphatic heterocycles. The molecule has 0 bridgehead atoms. The summed E-state index contributed by atoms with van der Waals surface area (Å²) in [5, 5.41) is 8.95. The number of aliphatic hydroxyl groups is 1. The van der Waals surface area contributed by atoms with Gasteiger partial charge in [-0.15, -0.1) is 6.58 Å². The molecule has 0 heterocycles. The standard InChI is InChI=1S/C15H22N2O2/c1-3-8-17(9-10-18)15(19)11-12(2)13-4-6-14(16)7-5-13/h3-7,12,18H,1,8-11,16H2,2H3. The number of carbonyl (C=O) groups is 1. The van der Waals surface area contributed by atoms with Gasteiger partial charge in [-0.25, -0.2) is 0 Å². The number of benzene rings is 1. The lowest BCUT2D eigenvalue weighted by atomic mass is 9.97. The van der Waals surface area contributed by atoms with Crippen molar-refractivity contribution in [3.05, 3.63) is 42.5 Å². The summed E-state index contributed by atoms with van der Waals surface area (Å²) in [7, 11) is 0. The minimum absolute atomic E-state index is 0.0262. The average Bonchev–Trinajstić information content (AvgIpc) is 2.39. The molecule has 0 aliphatic carbocycles. The van der Waals surface area contributed by atoms with Crippen molar-refractivity contribution in [1.82, 2.24) is 4.90 Å². The Labute approximate surface area is 114 Å². The Balaban J connectivity index is 2.63. The van der Waals surface area contributed by atoms with E-state index in [4.69, 9.17) is 10.8 Å². The van der Waals surface area contributed by atoms with Crippen LogP contribution in [0, 0.1) is 0 Å². The van der Waals surface area contributed by atoms with Crippen LogP contribution in [0.5, 0.6) is 0 Å². The lowest BCUT2D eigenvalue weighted by Crippen LogP contribution is -2.34. The van der Waals surface area contributed by atoms with Gasteiger partial charge in [0, 0.05) is 25.2 Å². The van der Waals surface area contributed by atoms with Crippen LogP contribution >= 0.6 is 0 Å². The van der Waals surface area contributed by atoms with Crippen LogP contribution in [0.3, 0.4) is 0 Å². The number of nitrogens with zero attached hydrogens (tertiary/aromatic N) is 1. The highest BCUT2D eigenvalue weighted by atomic mass is 16.3. The van der Waals surface area contributed by atoms with E-state index >= 15 is 0 Å². The van der Waals surface area contributed by atoms with Crippen molar-refractivity contribution in [2.75, 3.05) is 25.4 Å². The molecule has 4 nitrogen and oxygen atoms in total. The van der Waals surface area contributed by atoms with E-state index in [0.29, 0.717) is 19.5 Å². The second-order valence-electron chi connectivity index (χ2n) is 4.62. The molecule has 0 fully saturated rings. The minimum Gasteiger partial charge on any atom is -0.399 e. The molecule has 0 aliphatic rings. The highest BCUT2D eigenvalue weighted by Gasteiger charge is 2.16. The molecule has 4 heteroatoms. The number of aliphatic hydroxyl groups excluding tert-OH is 1. The van der Waals surface area contributed by atoms with Crippen LogP contribution in [0.4, 0.5) is 5.69 Å². The van der Waals surface area contributed by atoms with Crippen LogP contribution in [0.15, 0.2) is 36.9 Å². The Bertz CT molecular complexity index is 415. The van der Waals surface area contributed by atoms with Crippen molar-refractivity contribution in [3.63, 3.8) is 0 Å². The van der Waals surface area contributed by atoms with E-state index in [0.717, 1.165) is 11.3 Å². The maximum atomic E-state index is 12.1. The molecule has 1 unspecified atom stereocenters. The summed E-state index contributed by atoms with van der Waals surface area (Å²) in [5.74, 6) is 0.150. The first kappa shape index (κ1) is 15.2. The molecule has 0 saturated heterocycles. The zero-order chi connectivity index (χ0) is 14.3. The fourth-order valence-electron chi connectivity index (χ4n) is 1.93. The zero-order valence-corrected chi connectivity index (χ0v) is 11.4. The molecule has 1 aromatic carbocycles. The molecule has 19 heavy (non-hydrogen) atoms. The summed E-state index contributed by atoms with van der Waals surface area (Å²) >= 11 is 0. The van der Waals surface area contributed by atoms with Gasteiger partial charge in [0.05, 0.1) is 6.61 Å². The van der Waals surface area contributed by atoms with Crippen LogP contribution in [0.25, 0.3) is 0 Å². The molecule has 1 rings (SSSR count). The Hall–Kier alpha value is -1.81. The third kappa shape index (κ3) is 4.75. The molecule has 104 valence electrons. The first-order valence-electron chi connectivity index (χ1n) is 6.43. The van der Waals surface area contributed by atoms with Crippen molar-refractivity contribution >= 4 is 11.6 Å². The summed E-state index contributed by atoms with van der Waals surface area (Å²) in [4.78, 5) is 13.7. The predicted molar refractivity (Wildman–Crippen MR) is 77.7 cm³/mol. The maximum absolute atomic E-state index is 12.1. The number of amides is 1. The number of rotatable bonds is 7. The SMILES string of the molecule is C=CCN(CCO)C(=O)CC(C)c1ccc(N)cc1. The number of hydrogen-bond donors (Lipinski definition) is 2. The maximum Gasteiger partial charge on any atom is 0.223 e. The van der Waals surface area contributed by atoms with Crippen LogP contribution in [-0.4, -0.2) is 35.6 Å². The number of nitrogens with two attached hydrogens (primary N) is 1. The number of carbonyl (C=O) groups excluding carboxylic acids is 1. The van der Waals surface area contributed by atoms with E-state index in [-0.39, 0.29) is 18.4 Å². The topological polar surface area (TPSA) is 66.6 Å². The molecule has 0 aromatic heterocycles. The molecular weight excluding hydrogens is 240 g/mol. The molecule has 3 N–H and O–H groups in total. The summed E-state index contributed by atoms with van der Waals surface area (Å²) in [5.41, 5.74) is 7.45. The summed E-state index contributed by atoms with van der Waals surface area (Å²) < 4.78 is 0. The lowest BCUT2D eigenvalue weighted by Gasteiger charge is -2.22. The molecule has 1 aromatic rings. The van der Waals surface area contributed by atoms with E-state index in [1.54, 1.807) is 11.0 Å². The first-order chi connectivity index (χ1) is 9.08. The Morgan fingerprint density at radius 3 is 2.63 bits per heavy atom. The average molecular weight is 262 g/mol. The third-order valence-corrected chi connectivity index (χ3v) is 3.06. The Kier molecular flexibility index (Phi) is 6.09. The third-order valence-electron chi connectivity index (χ3n) is 3.06. The zero-order valence-electron chi connectivity index (χ0n) is 11.4. The molecule has 0 spiro atoms. The van der Waals surface area contributed by atoms with Crippen LogP contribution in [-0.2, 0) is 4.79 Å². The summed E-state index contributed by atoms with van der Waals surface area (Å²) in [6.07, 6.45) is 2.08. The molecule has 1 atom stereocenters. The van der Waals surface area contributed by atoms with Gasteiger partial charge in [0.2, 0.25) is 5.91 Å². The second kappa shape index (κ2) is 7.59. The molecule has 0 saturated carbocycles. The van der Waals surface area contributed by atoms with Crippen molar-refractivity contribution in [2.24, 2.45) is 0 Å². The van der Waals surface area contributed by atoms with Gasteiger partial charge in [-0.05, 0) is 23.6 Å². The van der Waals surface area contributed by atoms with Gasteiger partial charge in [-0.2, -0.15) is 0 Å². The molecule has 0 radical (unpaired) electrons. The van der Waals surface area contributed by atoms with Crippen molar-refractivity contribution in [2.45, 2.75) is 19.3 Å². The fraction of sp³-hybridized carbons (Fsp3) is 0.400.